The second-order valence-corrected chi connectivity index (χ2v) is 5.56. The van der Waals surface area contributed by atoms with Crippen LogP contribution in [0.3, 0.4) is 0 Å². The van der Waals surface area contributed by atoms with Crippen LogP contribution in [-0.2, 0) is 12.8 Å². The summed E-state index contributed by atoms with van der Waals surface area (Å²) in [5.41, 5.74) is 14.3. The molecule has 0 fully saturated rings. The number of rotatable bonds is 6. The number of hydrogen-bond donors (Lipinski definition) is 2. The summed E-state index contributed by atoms with van der Waals surface area (Å²) >= 11 is 6.10. The summed E-state index contributed by atoms with van der Waals surface area (Å²) in [6.07, 6.45) is 3.75. The average molecular weight is 319 g/mol. The van der Waals surface area contributed by atoms with Gasteiger partial charge in [0.1, 0.15) is 5.15 Å². The molecule has 0 bridgehead atoms. The molecular weight excluding hydrogens is 300 g/mol. The highest BCUT2D eigenvalue weighted by molar-refractivity contribution is 6.30. The summed E-state index contributed by atoms with van der Waals surface area (Å²) in [6, 6.07) is 7.38. The maximum Gasteiger partial charge on any atom is 0.248 e. The predicted octanol–water partition coefficient (Wildman–Crippen LogP) is 2.68. The summed E-state index contributed by atoms with van der Waals surface area (Å²) in [6.45, 7) is 1.89. The SMILES string of the molecule is Cc1nc(N)nc(Cl)c1CCCCc1ccc(C(N)=O)cc1. The number of nitrogens with two attached hydrogens (primary N) is 2. The van der Waals surface area contributed by atoms with Crippen molar-refractivity contribution in [2.75, 3.05) is 5.73 Å². The van der Waals surface area contributed by atoms with Crippen LogP contribution < -0.4 is 11.5 Å². The smallest absolute Gasteiger partial charge is 0.248 e. The van der Waals surface area contributed by atoms with Crippen LogP contribution >= 0.6 is 11.6 Å². The lowest BCUT2D eigenvalue weighted by molar-refractivity contribution is 0.100. The van der Waals surface area contributed by atoms with E-state index in [4.69, 9.17) is 23.1 Å². The summed E-state index contributed by atoms with van der Waals surface area (Å²) in [5, 5.41) is 0.441. The molecule has 1 aromatic carbocycles. The molecule has 0 atom stereocenters. The average Bonchev–Trinajstić information content (AvgIpc) is 2.46. The molecule has 1 amide bonds. The number of nitrogens with zero attached hydrogens (tertiary/aromatic N) is 2. The first kappa shape index (κ1) is 16.2. The number of anilines is 1. The maximum atomic E-state index is 11.0. The van der Waals surface area contributed by atoms with Gasteiger partial charge in [-0.3, -0.25) is 4.79 Å². The minimum atomic E-state index is -0.403. The van der Waals surface area contributed by atoms with E-state index in [1.807, 2.05) is 19.1 Å². The minimum Gasteiger partial charge on any atom is -0.368 e. The van der Waals surface area contributed by atoms with Crippen molar-refractivity contribution in [1.29, 1.82) is 0 Å². The van der Waals surface area contributed by atoms with Crippen LogP contribution in [0.25, 0.3) is 0 Å². The van der Waals surface area contributed by atoms with Crippen LogP contribution in [0.5, 0.6) is 0 Å². The number of hydrogen-bond acceptors (Lipinski definition) is 4. The standard InChI is InChI=1S/C16H19ClN4O/c1-10-13(14(17)21-16(19)20-10)5-3-2-4-11-6-8-12(9-7-11)15(18)22/h6-9H,2-5H2,1H3,(H2,18,22)(H2,19,20,21). The van der Waals surface area contributed by atoms with Crippen LogP contribution in [-0.4, -0.2) is 15.9 Å². The third kappa shape index (κ3) is 4.18. The van der Waals surface area contributed by atoms with Crippen molar-refractivity contribution in [2.45, 2.75) is 32.6 Å². The molecule has 0 saturated carbocycles. The van der Waals surface area contributed by atoms with Crippen LogP contribution in [0.15, 0.2) is 24.3 Å². The number of nitrogen functional groups attached to an aromatic ring is 1. The molecule has 0 unspecified atom stereocenters. The number of amides is 1. The Labute approximate surface area is 134 Å². The van der Waals surface area contributed by atoms with Gasteiger partial charge in [-0.05, 0) is 50.3 Å². The van der Waals surface area contributed by atoms with Crippen molar-refractivity contribution in [2.24, 2.45) is 5.73 Å². The molecule has 0 aliphatic carbocycles. The van der Waals surface area contributed by atoms with Gasteiger partial charge >= 0.3 is 0 Å². The van der Waals surface area contributed by atoms with Gasteiger partial charge in [0.2, 0.25) is 11.9 Å². The van der Waals surface area contributed by atoms with Gasteiger partial charge in [-0.2, -0.15) is 0 Å². The van der Waals surface area contributed by atoms with Crippen molar-refractivity contribution in [3.63, 3.8) is 0 Å². The Hall–Kier alpha value is -2.14. The highest BCUT2D eigenvalue weighted by Crippen LogP contribution is 2.20. The fourth-order valence-electron chi connectivity index (χ4n) is 2.33. The molecule has 0 saturated heterocycles. The molecule has 6 heteroatoms. The van der Waals surface area contributed by atoms with Gasteiger partial charge in [-0.15, -0.1) is 0 Å². The second kappa shape index (κ2) is 7.22. The number of aryl methyl sites for hydroxylation is 2. The Bertz CT molecular complexity index is 647. The van der Waals surface area contributed by atoms with E-state index < -0.39 is 5.91 Å². The first-order chi connectivity index (χ1) is 10.5. The Morgan fingerprint density at radius 2 is 1.77 bits per heavy atom. The summed E-state index contributed by atoms with van der Waals surface area (Å²) < 4.78 is 0. The molecule has 0 aliphatic heterocycles. The molecule has 2 aromatic rings. The van der Waals surface area contributed by atoms with Gasteiger partial charge in [-0.25, -0.2) is 9.97 Å². The normalized spacial score (nSPS) is 10.6. The number of primary amides is 1. The zero-order valence-corrected chi connectivity index (χ0v) is 13.2. The number of carbonyl (C=O) groups is 1. The number of aromatic nitrogens is 2. The van der Waals surface area contributed by atoms with E-state index in [-0.39, 0.29) is 5.95 Å². The summed E-state index contributed by atoms with van der Waals surface area (Å²) in [7, 11) is 0. The Balaban J connectivity index is 1.86. The van der Waals surface area contributed by atoms with Crippen molar-refractivity contribution >= 4 is 23.5 Å². The maximum absolute atomic E-state index is 11.0. The minimum absolute atomic E-state index is 0.209. The Kier molecular flexibility index (Phi) is 5.33. The van der Waals surface area contributed by atoms with E-state index in [0.29, 0.717) is 10.7 Å². The van der Waals surface area contributed by atoms with Gasteiger partial charge in [0, 0.05) is 16.8 Å². The lowest BCUT2D eigenvalue weighted by Crippen LogP contribution is -2.10. The van der Waals surface area contributed by atoms with Gasteiger partial charge in [0.05, 0.1) is 0 Å². The first-order valence-corrected chi connectivity index (χ1v) is 7.52. The van der Waals surface area contributed by atoms with Crippen molar-refractivity contribution in [1.82, 2.24) is 9.97 Å². The number of benzene rings is 1. The number of halogens is 1. The molecule has 1 heterocycles. The van der Waals surface area contributed by atoms with Crippen molar-refractivity contribution in [3.8, 4) is 0 Å². The highest BCUT2D eigenvalue weighted by atomic mass is 35.5. The molecule has 4 N–H and O–H groups in total. The molecule has 2 rings (SSSR count). The van der Waals surface area contributed by atoms with Crippen molar-refractivity contribution < 1.29 is 4.79 Å². The van der Waals surface area contributed by atoms with Gasteiger partial charge in [0.15, 0.2) is 0 Å². The number of unbranched alkanes of at least 4 members (excludes halogenated alkanes) is 1. The molecule has 116 valence electrons. The van der Waals surface area contributed by atoms with Crippen LogP contribution in [0.4, 0.5) is 5.95 Å². The van der Waals surface area contributed by atoms with Crippen LogP contribution in [0.1, 0.15) is 40.0 Å². The fraction of sp³-hybridized carbons (Fsp3) is 0.312. The van der Waals surface area contributed by atoms with E-state index in [1.54, 1.807) is 12.1 Å². The molecule has 22 heavy (non-hydrogen) atoms. The van der Waals surface area contributed by atoms with E-state index >= 15 is 0 Å². The Morgan fingerprint density at radius 3 is 2.36 bits per heavy atom. The zero-order chi connectivity index (χ0) is 16.1. The molecule has 1 aromatic heterocycles. The van der Waals surface area contributed by atoms with E-state index in [0.717, 1.165) is 36.9 Å². The zero-order valence-electron chi connectivity index (χ0n) is 12.5. The third-order valence-corrected chi connectivity index (χ3v) is 3.87. The molecule has 0 spiro atoms. The lowest BCUT2D eigenvalue weighted by Gasteiger charge is -2.08. The monoisotopic (exact) mass is 318 g/mol. The molecule has 0 aliphatic rings. The van der Waals surface area contributed by atoms with E-state index in [2.05, 4.69) is 9.97 Å². The predicted molar refractivity (Wildman–Crippen MR) is 87.8 cm³/mol. The lowest BCUT2D eigenvalue weighted by atomic mass is 10.0. The van der Waals surface area contributed by atoms with E-state index in [9.17, 15) is 4.79 Å². The third-order valence-electron chi connectivity index (χ3n) is 3.56. The molecule has 5 nitrogen and oxygen atoms in total. The first-order valence-electron chi connectivity index (χ1n) is 7.14. The Morgan fingerprint density at radius 1 is 1.14 bits per heavy atom. The fourth-order valence-corrected chi connectivity index (χ4v) is 2.65. The van der Waals surface area contributed by atoms with E-state index in [1.165, 1.54) is 5.56 Å². The summed E-state index contributed by atoms with van der Waals surface area (Å²) in [5.74, 6) is -0.194. The quantitative estimate of drug-likeness (QED) is 0.632. The highest BCUT2D eigenvalue weighted by Gasteiger charge is 2.08. The number of carbonyl (C=O) groups excluding carboxylic acids is 1. The largest absolute Gasteiger partial charge is 0.368 e. The topological polar surface area (TPSA) is 94.9 Å². The van der Waals surface area contributed by atoms with Crippen molar-refractivity contribution in [3.05, 3.63) is 51.8 Å². The van der Waals surface area contributed by atoms with Gasteiger partial charge in [-0.1, -0.05) is 23.7 Å². The van der Waals surface area contributed by atoms with Crippen LogP contribution in [0, 0.1) is 6.92 Å². The second-order valence-electron chi connectivity index (χ2n) is 5.20. The van der Waals surface area contributed by atoms with Crippen LogP contribution in [0.2, 0.25) is 5.15 Å². The summed E-state index contributed by atoms with van der Waals surface area (Å²) in [4.78, 5) is 19.1. The van der Waals surface area contributed by atoms with Gasteiger partial charge < -0.3 is 11.5 Å². The molecular formula is C16H19ClN4O. The van der Waals surface area contributed by atoms with Gasteiger partial charge in [0.25, 0.3) is 0 Å². The molecule has 0 radical (unpaired) electrons.